The van der Waals surface area contributed by atoms with Crippen LogP contribution < -0.4 is 4.74 Å². The van der Waals surface area contributed by atoms with Crippen LogP contribution in [0.2, 0.25) is 0 Å². The Morgan fingerprint density at radius 2 is 2.21 bits per heavy atom. The first-order valence-electron chi connectivity index (χ1n) is 4.96. The van der Waals surface area contributed by atoms with E-state index in [-0.39, 0.29) is 6.10 Å². The maximum absolute atomic E-state index is 5.55. The Balaban J connectivity index is 1.98. The smallest absolute Gasteiger partial charge is 0.213 e. The van der Waals surface area contributed by atoms with Crippen LogP contribution in [0.5, 0.6) is 5.88 Å². The molecule has 0 saturated carbocycles. The average molecular weight is 193 g/mol. The molecule has 1 aliphatic rings. The van der Waals surface area contributed by atoms with Crippen molar-refractivity contribution >= 4 is 0 Å². The van der Waals surface area contributed by atoms with E-state index in [0.29, 0.717) is 25.0 Å². The largest absolute Gasteiger partial charge is 0.469 e. The van der Waals surface area contributed by atoms with Gasteiger partial charge in [0.25, 0.3) is 0 Å². The molecule has 3 nitrogen and oxygen atoms in total. The fourth-order valence-corrected chi connectivity index (χ4v) is 1.26. The normalized spacial score (nSPS) is 16.8. The van der Waals surface area contributed by atoms with Gasteiger partial charge in [0.05, 0.1) is 13.2 Å². The minimum Gasteiger partial charge on any atom is -0.469 e. The Kier molecular flexibility index (Phi) is 2.68. The van der Waals surface area contributed by atoms with Crippen molar-refractivity contribution < 1.29 is 9.47 Å². The van der Waals surface area contributed by atoms with E-state index in [0.717, 1.165) is 0 Å². The third kappa shape index (κ3) is 2.04. The Hall–Kier alpha value is -1.09. The summed E-state index contributed by atoms with van der Waals surface area (Å²) in [5.74, 6) is 1.21. The second kappa shape index (κ2) is 3.96. The molecule has 1 aliphatic heterocycles. The van der Waals surface area contributed by atoms with E-state index in [1.807, 2.05) is 12.3 Å². The number of hydrogen-bond acceptors (Lipinski definition) is 3. The van der Waals surface area contributed by atoms with Crippen LogP contribution >= 0.6 is 0 Å². The lowest BCUT2D eigenvalue weighted by atomic mass is 10.1. The highest BCUT2D eigenvalue weighted by atomic mass is 16.6. The van der Waals surface area contributed by atoms with Crippen LogP contribution in [0.1, 0.15) is 25.3 Å². The zero-order valence-electron chi connectivity index (χ0n) is 8.56. The van der Waals surface area contributed by atoms with E-state index in [2.05, 4.69) is 24.9 Å². The number of nitrogens with zero attached hydrogens (tertiary/aromatic N) is 1. The Morgan fingerprint density at radius 3 is 2.64 bits per heavy atom. The molecule has 0 unspecified atom stereocenters. The highest BCUT2D eigenvalue weighted by Crippen LogP contribution is 2.17. The summed E-state index contributed by atoms with van der Waals surface area (Å²) in [6.07, 6.45) is 2.08. The van der Waals surface area contributed by atoms with Gasteiger partial charge in [0.1, 0.15) is 6.10 Å². The molecule has 1 aromatic heterocycles. The van der Waals surface area contributed by atoms with Crippen LogP contribution in [0.3, 0.4) is 0 Å². The van der Waals surface area contributed by atoms with Crippen molar-refractivity contribution in [2.24, 2.45) is 0 Å². The SMILES string of the molecule is CC(C)c1ccc(OC2COC2)nc1. The lowest BCUT2D eigenvalue weighted by Crippen LogP contribution is -2.38. The molecule has 1 aromatic rings. The van der Waals surface area contributed by atoms with Crippen LogP contribution in [0, 0.1) is 0 Å². The minimum absolute atomic E-state index is 0.201. The Labute approximate surface area is 84.1 Å². The monoisotopic (exact) mass is 193 g/mol. The van der Waals surface area contributed by atoms with Gasteiger partial charge in [0.15, 0.2) is 0 Å². The molecule has 14 heavy (non-hydrogen) atoms. The molecule has 0 aromatic carbocycles. The van der Waals surface area contributed by atoms with Gasteiger partial charge in [-0.3, -0.25) is 0 Å². The van der Waals surface area contributed by atoms with Crippen LogP contribution in [-0.2, 0) is 4.74 Å². The first-order valence-corrected chi connectivity index (χ1v) is 4.96. The van der Waals surface area contributed by atoms with E-state index in [1.54, 1.807) is 0 Å². The highest BCUT2D eigenvalue weighted by Gasteiger charge is 2.20. The van der Waals surface area contributed by atoms with E-state index in [9.17, 15) is 0 Å². The fraction of sp³-hybridized carbons (Fsp3) is 0.545. The number of pyridine rings is 1. The molecule has 0 spiro atoms. The second-order valence-corrected chi connectivity index (χ2v) is 3.86. The highest BCUT2D eigenvalue weighted by molar-refractivity contribution is 5.20. The maximum Gasteiger partial charge on any atom is 0.213 e. The van der Waals surface area contributed by atoms with Crippen molar-refractivity contribution in [1.82, 2.24) is 4.98 Å². The van der Waals surface area contributed by atoms with Crippen molar-refractivity contribution in [2.75, 3.05) is 13.2 Å². The molecule has 76 valence electrons. The molecular formula is C11H15NO2. The number of rotatable bonds is 3. The number of aromatic nitrogens is 1. The zero-order valence-corrected chi connectivity index (χ0v) is 8.56. The third-order valence-electron chi connectivity index (χ3n) is 2.32. The van der Waals surface area contributed by atoms with Crippen molar-refractivity contribution in [2.45, 2.75) is 25.9 Å². The van der Waals surface area contributed by atoms with E-state index in [1.165, 1.54) is 5.56 Å². The molecule has 0 N–H and O–H groups in total. The summed E-state index contributed by atoms with van der Waals surface area (Å²) in [4.78, 5) is 4.24. The van der Waals surface area contributed by atoms with E-state index < -0.39 is 0 Å². The molecule has 3 heteroatoms. The predicted octanol–water partition coefficient (Wildman–Crippen LogP) is 1.98. The van der Waals surface area contributed by atoms with E-state index in [4.69, 9.17) is 9.47 Å². The molecule has 1 fully saturated rings. The molecule has 2 heterocycles. The minimum atomic E-state index is 0.201. The van der Waals surface area contributed by atoms with Gasteiger partial charge >= 0.3 is 0 Å². The van der Waals surface area contributed by atoms with Crippen molar-refractivity contribution in [1.29, 1.82) is 0 Å². The van der Waals surface area contributed by atoms with Gasteiger partial charge in [0.2, 0.25) is 5.88 Å². The molecule has 0 amide bonds. The standard InChI is InChI=1S/C11H15NO2/c1-8(2)9-3-4-11(12-5-9)14-10-6-13-7-10/h3-5,8,10H,6-7H2,1-2H3. The topological polar surface area (TPSA) is 31.4 Å². The molecule has 0 aliphatic carbocycles. The van der Waals surface area contributed by atoms with Crippen molar-refractivity contribution in [3.63, 3.8) is 0 Å². The Morgan fingerprint density at radius 1 is 1.43 bits per heavy atom. The summed E-state index contributed by atoms with van der Waals surface area (Å²) in [5.41, 5.74) is 1.24. The first-order chi connectivity index (χ1) is 6.75. The van der Waals surface area contributed by atoms with Gasteiger partial charge < -0.3 is 9.47 Å². The lowest BCUT2D eigenvalue weighted by Gasteiger charge is -2.26. The van der Waals surface area contributed by atoms with Gasteiger partial charge in [-0.15, -0.1) is 0 Å². The van der Waals surface area contributed by atoms with Gasteiger partial charge in [0, 0.05) is 12.3 Å². The molecule has 0 bridgehead atoms. The first kappa shape index (κ1) is 9.46. The van der Waals surface area contributed by atoms with Crippen LogP contribution in [0.25, 0.3) is 0 Å². The summed E-state index contributed by atoms with van der Waals surface area (Å²) in [6, 6.07) is 3.99. The summed E-state index contributed by atoms with van der Waals surface area (Å²) in [6.45, 7) is 5.68. The summed E-state index contributed by atoms with van der Waals surface area (Å²) < 4.78 is 10.6. The van der Waals surface area contributed by atoms with Gasteiger partial charge in [-0.05, 0) is 11.5 Å². The van der Waals surface area contributed by atoms with Crippen molar-refractivity contribution in [3.8, 4) is 5.88 Å². The molecule has 1 saturated heterocycles. The lowest BCUT2D eigenvalue weighted by molar-refractivity contribution is -0.0813. The Bertz CT molecular complexity index is 291. The third-order valence-corrected chi connectivity index (χ3v) is 2.32. The molecule has 2 rings (SSSR count). The maximum atomic E-state index is 5.55. The quantitative estimate of drug-likeness (QED) is 0.735. The summed E-state index contributed by atoms with van der Waals surface area (Å²) >= 11 is 0. The zero-order chi connectivity index (χ0) is 9.97. The second-order valence-electron chi connectivity index (χ2n) is 3.86. The van der Waals surface area contributed by atoms with Crippen LogP contribution in [-0.4, -0.2) is 24.3 Å². The molecular weight excluding hydrogens is 178 g/mol. The number of hydrogen-bond donors (Lipinski definition) is 0. The summed E-state index contributed by atoms with van der Waals surface area (Å²) in [7, 11) is 0. The van der Waals surface area contributed by atoms with Gasteiger partial charge in [-0.25, -0.2) is 4.98 Å². The molecule has 0 atom stereocenters. The average Bonchev–Trinajstić information content (AvgIpc) is 2.12. The predicted molar refractivity (Wildman–Crippen MR) is 53.6 cm³/mol. The van der Waals surface area contributed by atoms with Crippen LogP contribution in [0.4, 0.5) is 0 Å². The van der Waals surface area contributed by atoms with Gasteiger partial charge in [-0.2, -0.15) is 0 Å². The number of ether oxygens (including phenoxy) is 2. The molecule has 0 radical (unpaired) electrons. The van der Waals surface area contributed by atoms with Gasteiger partial charge in [-0.1, -0.05) is 19.9 Å². The van der Waals surface area contributed by atoms with Crippen LogP contribution in [0.15, 0.2) is 18.3 Å². The van der Waals surface area contributed by atoms with Crippen molar-refractivity contribution in [3.05, 3.63) is 23.9 Å². The summed E-state index contributed by atoms with van der Waals surface area (Å²) in [5, 5.41) is 0. The fourth-order valence-electron chi connectivity index (χ4n) is 1.26. The van der Waals surface area contributed by atoms with E-state index >= 15 is 0 Å².